The Balaban J connectivity index is 1.25. The number of fused-ring (bicyclic) bond motifs is 7. The molecular formula is C42H26N4O2. The molecule has 10 rings (SSSR count). The summed E-state index contributed by atoms with van der Waals surface area (Å²) in [6.07, 6.45) is 8.35. The lowest BCUT2D eigenvalue weighted by Crippen LogP contribution is -2.16. The number of rotatable bonds is 4. The van der Waals surface area contributed by atoms with Crippen LogP contribution in [0.5, 0.6) is 5.75 Å². The van der Waals surface area contributed by atoms with Crippen LogP contribution >= 0.6 is 0 Å². The molecule has 8 aromatic rings. The fourth-order valence-corrected chi connectivity index (χ4v) is 7.01. The molecular weight excluding hydrogens is 592 g/mol. The van der Waals surface area contributed by atoms with Crippen LogP contribution in [-0.2, 0) is 0 Å². The summed E-state index contributed by atoms with van der Waals surface area (Å²) in [6, 6.07) is 40.9. The van der Waals surface area contributed by atoms with Gasteiger partial charge in [-0.3, -0.25) is 0 Å². The number of ether oxygens (including phenoxy) is 1. The predicted molar refractivity (Wildman–Crippen MR) is 190 cm³/mol. The number of pyridine rings is 1. The third-order valence-corrected chi connectivity index (χ3v) is 9.27. The topological polar surface area (TPSA) is 73.9 Å². The molecule has 0 amide bonds. The van der Waals surface area contributed by atoms with Crippen molar-refractivity contribution in [3.63, 3.8) is 0 Å². The Kier molecular flexibility index (Phi) is 5.90. The van der Waals surface area contributed by atoms with Crippen molar-refractivity contribution in [2.24, 2.45) is 0 Å². The van der Waals surface area contributed by atoms with Crippen molar-refractivity contribution in [1.82, 2.24) is 19.9 Å². The number of para-hydroxylation sites is 1. The van der Waals surface area contributed by atoms with E-state index < -0.39 is 0 Å². The lowest BCUT2D eigenvalue weighted by atomic mass is 9.88. The molecule has 0 bridgehead atoms. The number of hydrogen-bond acceptors (Lipinski definition) is 6. The Bertz CT molecular complexity index is 2620. The van der Waals surface area contributed by atoms with Crippen molar-refractivity contribution >= 4 is 32.7 Å². The van der Waals surface area contributed by atoms with Crippen molar-refractivity contribution in [1.29, 1.82) is 0 Å². The molecule has 1 aliphatic carbocycles. The van der Waals surface area contributed by atoms with Gasteiger partial charge in [-0.2, -0.15) is 0 Å². The van der Waals surface area contributed by atoms with E-state index in [1.165, 1.54) is 5.39 Å². The standard InChI is InChI=1S/C42H26N4O2/c1-2-12-26(13-3-1)40-44-41(31-17-10-20-35-37(31)29-15-6-8-18-33(29)47-35)46-42(45-40)39-38-30-16-7-9-19-34(30)48-36(38)24-32(43-39)28-22-21-25-11-4-5-14-27(25)23-28/h1-24,29,33H. The van der Waals surface area contributed by atoms with Crippen molar-refractivity contribution in [3.05, 3.63) is 151 Å². The summed E-state index contributed by atoms with van der Waals surface area (Å²) < 4.78 is 12.8. The molecule has 0 N–H and O–H groups in total. The first-order chi connectivity index (χ1) is 23.8. The molecule has 3 aromatic heterocycles. The van der Waals surface area contributed by atoms with E-state index >= 15 is 0 Å². The van der Waals surface area contributed by atoms with E-state index in [0.29, 0.717) is 23.2 Å². The highest BCUT2D eigenvalue weighted by molar-refractivity contribution is 6.11. The normalized spacial score (nSPS) is 16.3. The summed E-state index contributed by atoms with van der Waals surface area (Å²) in [7, 11) is 0. The molecule has 0 saturated heterocycles. The number of hydrogen-bond donors (Lipinski definition) is 0. The summed E-state index contributed by atoms with van der Waals surface area (Å²) in [5.41, 5.74) is 6.80. The Morgan fingerprint density at radius 3 is 2.27 bits per heavy atom. The second kappa shape index (κ2) is 10.6. The number of furan rings is 1. The van der Waals surface area contributed by atoms with Crippen LogP contribution in [0, 0.1) is 0 Å². The average molecular weight is 619 g/mol. The minimum Gasteiger partial charge on any atom is -0.485 e. The van der Waals surface area contributed by atoms with Gasteiger partial charge >= 0.3 is 0 Å². The second-order valence-electron chi connectivity index (χ2n) is 12.2. The molecule has 0 radical (unpaired) electrons. The van der Waals surface area contributed by atoms with Gasteiger partial charge in [0.05, 0.1) is 11.1 Å². The molecule has 2 atom stereocenters. The summed E-state index contributed by atoms with van der Waals surface area (Å²) in [4.78, 5) is 20.7. The molecule has 48 heavy (non-hydrogen) atoms. The van der Waals surface area contributed by atoms with Gasteiger partial charge < -0.3 is 9.15 Å². The van der Waals surface area contributed by atoms with Crippen LogP contribution in [0.3, 0.4) is 0 Å². The van der Waals surface area contributed by atoms with Gasteiger partial charge in [0.2, 0.25) is 0 Å². The highest BCUT2D eigenvalue weighted by Crippen LogP contribution is 2.46. The van der Waals surface area contributed by atoms with Gasteiger partial charge in [-0.1, -0.05) is 115 Å². The highest BCUT2D eigenvalue weighted by Gasteiger charge is 2.35. The van der Waals surface area contributed by atoms with Crippen LogP contribution in [0.15, 0.2) is 150 Å². The zero-order chi connectivity index (χ0) is 31.6. The monoisotopic (exact) mass is 618 g/mol. The number of benzene rings is 5. The van der Waals surface area contributed by atoms with Gasteiger partial charge in [-0.05, 0) is 35.0 Å². The largest absolute Gasteiger partial charge is 0.485 e. The zero-order valence-electron chi connectivity index (χ0n) is 25.6. The minimum absolute atomic E-state index is 0.0572. The van der Waals surface area contributed by atoms with Gasteiger partial charge in [-0.15, -0.1) is 0 Å². The number of allylic oxidation sites excluding steroid dienone is 2. The molecule has 0 spiro atoms. The minimum atomic E-state index is -0.0572. The van der Waals surface area contributed by atoms with Gasteiger partial charge in [0.15, 0.2) is 17.5 Å². The maximum Gasteiger partial charge on any atom is 0.183 e. The molecule has 4 heterocycles. The van der Waals surface area contributed by atoms with Crippen LogP contribution in [0.1, 0.15) is 11.5 Å². The maximum absolute atomic E-state index is 6.47. The zero-order valence-corrected chi connectivity index (χ0v) is 25.6. The predicted octanol–water partition coefficient (Wildman–Crippen LogP) is 9.96. The second-order valence-corrected chi connectivity index (χ2v) is 12.2. The van der Waals surface area contributed by atoms with Gasteiger partial charge in [0.25, 0.3) is 0 Å². The lowest BCUT2D eigenvalue weighted by Gasteiger charge is -2.16. The van der Waals surface area contributed by atoms with Gasteiger partial charge in [0.1, 0.15) is 28.7 Å². The van der Waals surface area contributed by atoms with E-state index in [-0.39, 0.29) is 12.0 Å². The highest BCUT2D eigenvalue weighted by atomic mass is 16.5. The van der Waals surface area contributed by atoms with Crippen molar-refractivity contribution < 1.29 is 9.15 Å². The molecule has 2 unspecified atom stereocenters. The van der Waals surface area contributed by atoms with Crippen molar-refractivity contribution in [2.45, 2.75) is 12.0 Å². The fraction of sp³-hybridized carbons (Fsp3) is 0.0476. The number of aromatic nitrogens is 4. The summed E-state index contributed by atoms with van der Waals surface area (Å²) >= 11 is 0. The van der Waals surface area contributed by atoms with Gasteiger partial charge in [0, 0.05) is 39.6 Å². The van der Waals surface area contributed by atoms with E-state index in [4.69, 9.17) is 29.1 Å². The third-order valence-electron chi connectivity index (χ3n) is 9.27. The number of nitrogens with zero attached hydrogens (tertiary/aromatic N) is 4. The summed E-state index contributed by atoms with van der Waals surface area (Å²) in [5.74, 6) is 2.54. The van der Waals surface area contributed by atoms with Crippen LogP contribution in [0.4, 0.5) is 0 Å². The SMILES string of the molecule is C1=CC2Oc3cccc(-c4nc(-c5ccccc5)nc(-c5nc(-c6ccc7ccccc7c6)cc6oc7ccccc7c56)n4)c3C2C=C1. The van der Waals surface area contributed by atoms with E-state index in [1.807, 2.05) is 72.8 Å². The molecule has 0 fully saturated rings. The molecule has 1 aliphatic heterocycles. The molecule has 0 saturated carbocycles. The van der Waals surface area contributed by atoms with Crippen molar-refractivity contribution in [3.8, 4) is 51.3 Å². The van der Waals surface area contributed by atoms with E-state index in [9.17, 15) is 0 Å². The molecule has 6 nitrogen and oxygen atoms in total. The van der Waals surface area contributed by atoms with E-state index in [0.717, 1.165) is 61.0 Å². The van der Waals surface area contributed by atoms with Crippen LogP contribution in [-0.4, -0.2) is 26.0 Å². The first kappa shape index (κ1) is 26.8. The average Bonchev–Trinajstić information content (AvgIpc) is 3.73. The Labute approximate surface area is 275 Å². The summed E-state index contributed by atoms with van der Waals surface area (Å²) in [6.45, 7) is 0. The third kappa shape index (κ3) is 4.27. The fourth-order valence-electron chi connectivity index (χ4n) is 7.01. The van der Waals surface area contributed by atoms with Gasteiger partial charge in [-0.25, -0.2) is 19.9 Å². The van der Waals surface area contributed by atoms with E-state index in [1.54, 1.807) is 0 Å². The summed E-state index contributed by atoms with van der Waals surface area (Å²) in [5, 5.41) is 4.14. The Morgan fingerprint density at radius 1 is 0.542 bits per heavy atom. The molecule has 6 heteroatoms. The maximum atomic E-state index is 6.47. The lowest BCUT2D eigenvalue weighted by molar-refractivity contribution is 0.269. The smallest absolute Gasteiger partial charge is 0.183 e. The van der Waals surface area contributed by atoms with Crippen LogP contribution < -0.4 is 4.74 Å². The van der Waals surface area contributed by atoms with Crippen LogP contribution in [0.2, 0.25) is 0 Å². The Hall–Kier alpha value is -6.40. The quantitative estimate of drug-likeness (QED) is 0.195. The molecule has 226 valence electrons. The molecule has 5 aromatic carbocycles. The van der Waals surface area contributed by atoms with E-state index in [2.05, 4.69) is 72.8 Å². The van der Waals surface area contributed by atoms with Crippen molar-refractivity contribution in [2.75, 3.05) is 0 Å². The van der Waals surface area contributed by atoms with Crippen LogP contribution in [0.25, 0.3) is 78.3 Å². The first-order valence-electron chi connectivity index (χ1n) is 16.1. The first-order valence-corrected chi connectivity index (χ1v) is 16.1. The Morgan fingerprint density at radius 2 is 1.33 bits per heavy atom. The molecule has 2 aliphatic rings.